The molecule has 0 saturated carbocycles. The number of nitrogens with one attached hydrogen (secondary N) is 1. The quantitative estimate of drug-likeness (QED) is 0.843. The second-order valence-electron chi connectivity index (χ2n) is 5.19. The number of hydrogen-bond donors (Lipinski definition) is 1. The predicted molar refractivity (Wildman–Crippen MR) is 84.9 cm³/mol. The van der Waals surface area contributed by atoms with Gasteiger partial charge in [0.15, 0.2) is 0 Å². The molecule has 1 aliphatic heterocycles. The van der Waals surface area contributed by atoms with Gasteiger partial charge in [-0.2, -0.15) is 13.2 Å². The molecule has 3 amide bonds. The molecule has 1 N–H and O–H groups in total. The lowest BCUT2D eigenvalue weighted by atomic mass is 10.2. The van der Waals surface area contributed by atoms with E-state index in [4.69, 9.17) is 0 Å². The highest BCUT2D eigenvalue weighted by atomic mass is 32.2. The molecule has 0 unspecified atom stereocenters. The van der Waals surface area contributed by atoms with Crippen LogP contribution in [0.3, 0.4) is 0 Å². The number of benzene rings is 1. The number of halogens is 3. The third-order valence-electron chi connectivity index (χ3n) is 3.52. The molecule has 0 atom stereocenters. The molecule has 0 spiro atoms. The molecule has 1 saturated heterocycles. The fourth-order valence-electron chi connectivity index (χ4n) is 2.36. The largest absolute Gasteiger partial charge is 0.446 e. The van der Waals surface area contributed by atoms with Crippen molar-refractivity contribution >= 4 is 23.7 Å². The lowest BCUT2D eigenvalue weighted by Crippen LogP contribution is -2.53. The average molecular weight is 361 g/mol. The third-order valence-corrected chi connectivity index (χ3v) is 4.26. The van der Waals surface area contributed by atoms with Gasteiger partial charge in [0.1, 0.15) is 0 Å². The molecule has 1 heterocycles. The van der Waals surface area contributed by atoms with E-state index in [0.29, 0.717) is 38.3 Å². The molecule has 1 fully saturated rings. The molecule has 24 heavy (non-hydrogen) atoms. The maximum Gasteiger partial charge on any atom is 0.446 e. The Bertz CT molecular complexity index is 585. The smallest absolute Gasteiger partial charge is 0.338 e. The SMILES string of the molecule is CCNC(=O)N1CCN(C(=O)c2ccc(SC(F)(F)F)cc2)CC1. The lowest BCUT2D eigenvalue weighted by Gasteiger charge is -2.34. The minimum absolute atomic E-state index is 0.0418. The molecule has 0 radical (unpaired) electrons. The molecule has 5 nitrogen and oxygen atoms in total. The minimum Gasteiger partial charge on any atom is -0.338 e. The van der Waals surface area contributed by atoms with Crippen molar-refractivity contribution < 1.29 is 22.8 Å². The van der Waals surface area contributed by atoms with E-state index >= 15 is 0 Å². The number of nitrogens with zero attached hydrogens (tertiary/aromatic N) is 2. The van der Waals surface area contributed by atoms with E-state index < -0.39 is 5.51 Å². The average Bonchev–Trinajstić information content (AvgIpc) is 2.54. The number of alkyl halides is 3. The summed E-state index contributed by atoms with van der Waals surface area (Å²) in [6, 6.07) is 5.21. The van der Waals surface area contributed by atoms with Crippen LogP contribution in [0.2, 0.25) is 0 Å². The lowest BCUT2D eigenvalue weighted by molar-refractivity contribution is -0.0328. The van der Waals surface area contributed by atoms with Gasteiger partial charge in [-0.25, -0.2) is 4.79 Å². The van der Waals surface area contributed by atoms with Crippen molar-refractivity contribution in [1.29, 1.82) is 0 Å². The van der Waals surface area contributed by atoms with Crippen LogP contribution in [-0.4, -0.2) is 60.0 Å². The van der Waals surface area contributed by atoms with Crippen molar-refractivity contribution in [2.45, 2.75) is 17.3 Å². The van der Waals surface area contributed by atoms with Gasteiger partial charge in [0.2, 0.25) is 0 Å². The fraction of sp³-hybridized carbons (Fsp3) is 0.467. The maximum absolute atomic E-state index is 12.4. The summed E-state index contributed by atoms with van der Waals surface area (Å²) in [5.41, 5.74) is -4.01. The second-order valence-corrected chi connectivity index (χ2v) is 6.33. The number of piperazine rings is 1. The number of hydrogen-bond acceptors (Lipinski definition) is 3. The summed E-state index contributed by atoms with van der Waals surface area (Å²) in [5.74, 6) is -0.242. The van der Waals surface area contributed by atoms with Gasteiger partial charge in [0, 0.05) is 43.2 Å². The highest BCUT2D eigenvalue weighted by Crippen LogP contribution is 2.36. The van der Waals surface area contributed by atoms with Crippen LogP contribution in [0.5, 0.6) is 0 Å². The van der Waals surface area contributed by atoms with E-state index in [2.05, 4.69) is 5.32 Å². The summed E-state index contributed by atoms with van der Waals surface area (Å²) in [6.07, 6.45) is 0. The van der Waals surface area contributed by atoms with Crippen molar-refractivity contribution in [3.8, 4) is 0 Å². The summed E-state index contributed by atoms with van der Waals surface area (Å²) in [5, 5.41) is 2.71. The van der Waals surface area contributed by atoms with Crippen LogP contribution in [0.15, 0.2) is 29.2 Å². The number of urea groups is 1. The Morgan fingerprint density at radius 2 is 1.62 bits per heavy atom. The molecule has 9 heteroatoms. The zero-order chi connectivity index (χ0) is 17.7. The van der Waals surface area contributed by atoms with Crippen LogP contribution in [0, 0.1) is 0 Å². The monoisotopic (exact) mass is 361 g/mol. The van der Waals surface area contributed by atoms with E-state index in [1.165, 1.54) is 24.3 Å². The molecular formula is C15H18F3N3O2S. The Labute approximate surface area is 142 Å². The van der Waals surface area contributed by atoms with Gasteiger partial charge in [0.25, 0.3) is 5.91 Å². The Hall–Kier alpha value is -1.90. The molecule has 0 aliphatic carbocycles. The molecular weight excluding hydrogens is 343 g/mol. The van der Waals surface area contributed by atoms with Crippen molar-refractivity contribution in [2.75, 3.05) is 32.7 Å². The van der Waals surface area contributed by atoms with Gasteiger partial charge < -0.3 is 15.1 Å². The first-order valence-electron chi connectivity index (χ1n) is 7.48. The first-order chi connectivity index (χ1) is 11.3. The summed E-state index contributed by atoms with van der Waals surface area (Å²) in [6.45, 7) is 4.03. The van der Waals surface area contributed by atoms with Crippen LogP contribution in [0.4, 0.5) is 18.0 Å². The summed E-state index contributed by atoms with van der Waals surface area (Å²) in [4.78, 5) is 27.4. The van der Waals surface area contributed by atoms with Gasteiger partial charge in [-0.15, -0.1) is 0 Å². The third kappa shape index (κ3) is 5.05. The van der Waals surface area contributed by atoms with Gasteiger partial charge >= 0.3 is 11.5 Å². The summed E-state index contributed by atoms with van der Waals surface area (Å²) in [7, 11) is 0. The Morgan fingerprint density at radius 1 is 1.08 bits per heavy atom. The van der Waals surface area contributed by atoms with E-state index in [1.54, 1.807) is 9.80 Å². The summed E-state index contributed by atoms with van der Waals surface area (Å²) >= 11 is -0.211. The molecule has 1 aliphatic rings. The second kappa shape index (κ2) is 7.78. The summed E-state index contributed by atoms with van der Waals surface area (Å²) < 4.78 is 36.9. The van der Waals surface area contributed by atoms with Gasteiger partial charge in [0.05, 0.1) is 0 Å². The van der Waals surface area contributed by atoms with Crippen LogP contribution < -0.4 is 5.32 Å². The van der Waals surface area contributed by atoms with E-state index in [-0.39, 0.29) is 28.6 Å². The molecule has 132 valence electrons. The Balaban J connectivity index is 1.92. The maximum atomic E-state index is 12.4. The molecule has 0 aromatic heterocycles. The first-order valence-corrected chi connectivity index (χ1v) is 8.29. The van der Waals surface area contributed by atoms with E-state index in [9.17, 15) is 22.8 Å². The molecule has 1 aromatic rings. The zero-order valence-electron chi connectivity index (χ0n) is 13.1. The van der Waals surface area contributed by atoms with Gasteiger partial charge in [-0.05, 0) is 43.0 Å². The highest BCUT2D eigenvalue weighted by molar-refractivity contribution is 8.00. The Morgan fingerprint density at radius 3 is 2.12 bits per heavy atom. The van der Waals surface area contributed by atoms with Crippen LogP contribution >= 0.6 is 11.8 Å². The standard InChI is InChI=1S/C15H18F3N3O2S/c1-2-19-14(23)21-9-7-20(8-10-21)13(22)11-3-5-12(6-4-11)24-15(16,17)18/h3-6H,2,7-10H2,1H3,(H,19,23). The Kier molecular flexibility index (Phi) is 5.98. The van der Waals surface area contributed by atoms with Crippen LogP contribution in [0.1, 0.15) is 17.3 Å². The van der Waals surface area contributed by atoms with Crippen molar-refractivity contribution in [3.05, 3.63) is 29.8 Å². The number of carbonyl (C=O) groups excluding carboxylic acids is 2. The topological polar surface area (TPSA) is 52.7 Å². The van der Waals surface area contributed by atoms with Crippen LogP contribution in [-0.2, 0) is 0 Å². The van der Waals surface area contributed by atoms with Gasteiger partial charge in [-0.3, -0.25) is 4.79 Å². The number of thioether (sulfide) groups is 1. The number of rotatable bonds is 3. The fourth-order valence-corrected chi connectivity index (χ4v) is 2.90. The van der Waals surface area contributed by atoms with E-state index in [0.717, 1.165) is 0 Å². The van der Waals surface area contributed by atoms with Crippen molar-refractivity contribution in [3.63, 3.8) is 0 Å². The first kappa shape index (κ1) is 18.4. The minimum atomic E-state index is -4.35. The highest BCUT2D eigenvalue weighted by Gasteiger charge is 2.29. The van der Waals surface area contributed by atoms with Gasteiger partial charge in [-0.1, -0.05) is 0 Å². The predicted octanol–water partition coefficient (Wildman–Crippen LogP) is 2.79. The zero-order valence-corrected chi connectivity index (χ0v) is 13.9. The van der Waals surface area contributed by atoms with E-state index in [1.807, 2.05) is 6.92 Å². The molecule has 2 rings (SSSR count). The normalized spacial score (nSPS) is 15.3. The molecule has 1 aromatic carbocycles. The number of amides is 3. The van der Waals surface area contributed by atoms with Crippen molar-refractivity contribution in [1.82, 2.24) is 15.1 Å². The van der Waals surface area contributed by atoms with Crippen LogP contribution in [0.25, 0.3) is 0 Å². The van der Waals surface area contributed by atoms with Crippen molar-refractivity contribution in [2.24, 2.45) is 0 Å². The molecule has 0 bridgehead atoms. The number of carbonyl (C=O) groups is 2.